The van der Waals surface area contributed by atoms with Gasteiger partial charge in [0.25, 0.3) is 0 Å². The van der Waals surface area contributed by atoms with Crippen molar-refractivity contribution in [3.8, 4) is 11.3 Å². The summed E-state index contributed by atoms with van der Waals surface area (Å²) in [6.07, 6.45) is 4.23. The lowest BCUT2D eigenvalue weighted by molar-refractivity contribution is -0.116. The van der Waals surface area contributed by atoms with Crippen LogP contribution in [0.3, 0.4) is 0 Å². The molecule has 2 aromatic heterocycles. The number of para-hydroxylation sites is 1. The summed E-state index contributed by atoms with van der Waals surface area (Å²) in [6, 6.07) is 15.9. The Kier molecular flexibility index (Phi) is 4.75. The van der Waals surface area contributed by atoms with E-state index in [0.29, 0.717) is 6.42 Å². The molecule has 2 heterocycles. The number of nitrogens with zero attached hydrogens (tertiary/aromatic N) is 2. The summed E-state index contributed by atoms with van der Waals surface area (Å²) in [5, 5.41) is 10.1. The zero-order chi connectivity index (χ0) is 17.8. The van der Waals surface area contributed by atoms with E-state index in [2.05, 4.69) is 32.0 Å². The van der Waals surface area contributed by atoms with Crippen LogP contribution in [-0.4, -0.2) is 20.5 Å². The van der Waals surface area contributed by atoms with Crippen LogP contribution < -0.4 is 5.32 Å². The third-order valence-electron chi connectivity index (χ3n) is 4.35. The second-order valence-corrected chi connectivity index (χ2v) is 6.74. The van der Waals surface area contributed by atoms with Gasteiger partial charge in [-0.1, -0.05) is 34.8 Å². The first-order valence-electron chi connectivity index (χ1n) is 8.52. The maximum atomic E-state index is 12.2. The van der Waals surface area contributed by atoms with E-state index in [4.69, 9.17) is 0 Å². The molecule has 26 heavy (non-hydrogen) atoms. The Hall–Kier alpha value is -2.99. The quantitative estimate of drug-likeness (QED) is 0.524. The topological polar surface area (TPSA) is 70.7 Å². The van der Waals surface area contributed by atoms with E-state index < -0.39 is 0 Å². The molecule has 0 saturated carbocycles. The number of fused-ring (bicyclic) bond motifs is 1. The van der Waals surface area contributed by atoms with Gasteiger partial charge in [-0.25, -0.2) is 0 Å². The van der Waals surface area contributed by atoms with Gasteiger partial charge in [0.15, 0.2) is 0 Å². The van der Waals surface area contributed by atoms with Crippen molar-refractivity contribution in [2.24, 2.45) is 0 Å². The Bertz CT molecular complexity index is 1010. The van der Waals surface area contributed by atoms with E-state index in [0.717, 1.165) is 35.3 Å². The van der Waals surface area contributed by atoms with Crippen LogP contribution in [0.25, 0.3) is 22.2 Å². The van der Waals surface area contributed by atoms with Gasteiger partial charge in [0, 0.05) is 40.2 Å². The van der Waals surface area contributed by atoms with Gasteiger partial charge in [0.2, 0.25) is 5.91 Å². The lowest BCUT2D eigenvalue weighted by Gasteiger charge is -2.06. The Labute approximate surface area is 155 Å². The van der Waals surface area contributed by atoms with Gasteiger partial charge >= 0.3 is 0 Å². The number of aromatic amines is 1. The molecule has 0 spiro atoms. The number of H-pyrrole nitrogens is 1. The molecule has 5 nitrogen and oxygen atoms in total. The van der Waals surface area contributed by atoms with Gasteiger partial charge in [-0.2, -0.15) is 0 Å². The first-order chi connectivity index (χ1) is 12.8. The van der Waals surface area contributed by atoms with Crippen LogP contribution >= 0.6 is 11.5 Å². The number of carbonyl (C=O) groups is 1. The van der Waals surface area contributed by atoms with Crippen LogP contribution in [0, 0.1) is 0 Å². The number of nitrogens with one attached hydrogen (secondary N) is 2. The Morgan fingerprint density at radius 2 is 1.96 bits per heavy atom. The summed E-state index contributed by atoms with van der Waals surface area (Å²) in [5.41, 5.74) is 5.05. The maximum Gasteiger partial charge on any atom is 0.224 e. The van der Waals surface area contributed by atoms with Crippen molar-refractivity contribution in [2.45, 2.75) is 19.3 Å². The molecule has 0 atom stereocenters. The first-order valence-corrected chi connectivity index (χ1v) is 9.35. The van der Waals surface area contributed by atoms with Crippen molar-refractivity contribution < 1.29 is 4.79 Å². The number of carbonyl (C=O) groups excluding carboxylic acids is 1. The summed E-state index contributed by atoms with van der Waals surface area (Å²) in [5.74, 6) is 0.0351. The largest absolute Gasteiger partial charge is 0.361 e. The molecule has 0 saturated heterocycles. The zero-order valence-electron chi connectivity index (χ0n) is 14.1. The van der Waals surface area contributed by atoms with E-state index >= 15 is 0 Å². The van der Waals surface area contributed by atoms with Gasteiger partial charge < -0.3 is 10.3 Å². The summed E-state index contributed by atoms with van der Waals surface area (Å²) in [6.45, 7) is 0. The third kappa shape index (κ3) is 3.65. The SMILES string of the molecule is O=C(CCCc1c[nH]c2ccccc12)Nc1ccc(-c2csnn2)cc1. The second-order valence-electron chi connectivity index (χ2n) is 6.13. The number of benzene rings is 2. The van der Waals surface area contributed by atoms with Crippen LogP contribution in [0.2, 0.25) is 0 Å². The molecule has 2 aromatic carbocycles. The number of aromatic nitrogens is 3. The number of hydrogen-bond acceptors (Lipinski definition) is 4. The van der Waals surface area contributed by atoms with Crippen molar-refractivity contribution in [3.63, 3.8) is 0 Å². The highest BCUT2D eigenvalue weighted by Crippen LogP contribution is 2.21. The van der Waals surface area contributed by atoms with Gasteiger partial charge in [-0.05, 0) is 48.1 Å². The molecular weight excluding hydrogens is 344 g/mol. The van der Waals surface area contributed by atoms with Crippen molar-refractivity contribution >= 4 is 34.0 Å². The minimum atomic E-state index is 0.0351. The fourth-order valence-electron chi connectivity index (χ4n) is 3.02. The molecule has 6 heteroatoms. The minimum absolute atomic E-state index is 0.0351. The molecule has 0 aliphatic carbocycles. The van der Waals surface area contributed by atoms with E-state index in [1.165, 1.54) is 22.5 Å². The molecular formula is C20H18N4OS. The lowest BCUT2D eigenvalue weighted by atomic mass is 10.1. The van der Waals surface area contributed by atoms with E-state index in [1.54, 1.807) is 0 Å². The molecule has 0 fully saturated rings. The first kappa shape index (κ1) is 16.5. The van der Waals surface area contributed by atoms with Crippen molar-refractivity contribution in [2.75, 3.05) is 5.32 Å². The van der Waals surface area contributed by atoms with Crippen LogP contribution in [0.5, 0.6) is 0 Å². The smallest absolute Gasteiger partial charge is 0.224 e. The van der Waals surface area contributed by atoms with Crippen molar-refractivity contribution in [1.29, 1.82) is 0 Å². The maximum absolute atomic E-state index is 12.2. The zero-order valence-corrected chi connectivity index (χ0v) is 14.9. The van der Waals surface area contributed by atoms with Gasteiger partial charge in [0.05, 0.1) is 0 Å². The highest BCUT2D eigenvalue weighted by Gasteiger charge is 2.07. The standard InChI is InChI=1S/C20H18N4OS/c25-20(7-3-4-15-12-21-18-6-2-1-5-17(15)18)22-16-10-8-14(9-11-16)19-13-26-24-23-19/h1-2,5-6,8-13,21H,3-4,7H2,(H,22,25). The third-order valence-corrected chi connectivity index (χ3v) is 4.85. The predicted molar refractivity (Wildman–Crippen MR) is 105 cm³/mol. The lowest BCUT2D eigenvalue weighted by Crippen LogP contribution is -2.11. The fourth-order valence-corrected chi connectivity index (χ4v) is 3.48. The average Bonchev–Trinajstić information content (AvgIpc) is 3.33. The summed E-state index contributed by atoms with van der Waals surface area (Å²) >= 11 is 1.32. The number of anilines is 1. The van der Waals surface area contributed by atoms with Gasteiger partial charge in [-0.15, -0.1) is 5.10 Å². The molecule has 4 aromatic rings. The molecule has 0 bridgehead atoms. The van der Waals surface area contributed by atoms with Gasteiger partial charge in [-0.3, -0.25) is 4.79 Å². The molecule has 0 aliphatic rings. The van der Waals surface area contributed by atoms with Gasteiger partial charge in [0.1, 0.15) is 5.69 Å². The van der Waals surface area contributed by atoms with E-state index in [1.807, 2.05) is 48.0 Å². The Morgan fingerprint density at radius 3 is 2.77 bits per heavy atom. The molecule has 0 aliphatic heterocycles. The van der Waals surface area contributed by atoms with Crippen molar-refractivity contribution in [3.05, 3.63) is 65.7 Å². The van der Waals surface area contributed by atoms with E-state index in [-0.39, 0.29) is 5.91 Å². The van der Waals surface area contributed by atoms with Crippen LogP contribution in [0.4, 0.5) is 5.69 Å². The minimum Gasteiger partial charge on any atom is -0.361 e. The number of aryl methyl sites for hydroxylation is 1. The number of hydrogen-bond donors (Lipinski definition) is 2. The van der Waals surface area contributed by atoms with Crippen LogP contribution in [0.1, 0.15) is 18.4 Å². The van der Waals surface area contributed by atoms with Crippen LogP contribution in [-0.2, 0) is 11.2 Å². The van der Waals surface area contributed by atoms with E-state index in [9.17, 15) is 4.79 Å². The molecule has 1 amide bonds. The second kappa shape index (κ2) is 7.49. The molecule has 2 N–H and O–H groups in total. The normalized spacial score (nSPS) is 10.9. The van der Waals surface area contributed by atoms with Crippen LogP contribution in [0.15, 0.2) is 60.1 Å². The Balaban J connectivity index is 1.30. The number of rotatable bonds is 6. The number of amides is 1. The predicted octanol–water partition coefficient (Wildman–Crippen LogP) is 4.65. The molecule has 0 unspecified atom stereocenters. The molecule has 4 rings (SSSR count). The molecule has 0 radical (unpaired) electrons. The molecule has 130 valence electrons. The fraction of sp³-hybridized carbons (Fsp3) is 0.150. The summed E-state index contributed by atoms with van der Waals surface area (Å²) in [4.78, 5) is 15.5. The average molecular weight is 362 g/mol. The van der Waals surface area contributed by atoms with Crippen molar-refractivity contribution in [1.82, 2.24) is 14.6 Å². The highest BCUT2D eigenvalue weighted by molar-refractivity contribution is 7.03. The summed E-state index contributed by atoms with van der Waals surface area (Å²) < 4.78 is 3.86. The monoisotopic (exact) mass is 362 g/mol. The summed E-state index contributed by atoms with van der Waals surface area (Å²) in [7, 11) is 0. The highest BCUT2D eigenvalue weighted by atomic mass is 32.1. The Morgan fingerprint density at radius 1 is 1.12 bits per heavy atom.